The number of sulfonamides is 1. The molecule has 0 aliphatic carbocycles. The molecule has 7 nitrogen and oxygen atoms in total. The number of anilines is 1. The molecule has 0 unspecified atom stereocenters. The van der Waals surface area contributed by atoms with Crippen LogP contribution in [0.25, 0.3) is 0 Å². The second-order valence-corrected chi connectivity index (χ2v) is 11.7. The molecule has 1 atom stereocenters. The van der Waals surface area contributed by atoms with Gasteiger partial charge < -0.3 is 10.2 Å². The zero-order valence-electron chi connectivity index (χ0n) is 22.6. The quantitative estimate of drug-likeness (QED) is 0.286. The van der Waals surface area contributed by atoms with Gasteiger partial charge in [0.15, 0.2) is 0 Å². The van der Waals surface area contributed by atoms with Crippen molar-refractivity contribution in [3.8, 4) is 0 Å². The first kappa shape index (κ1) is 30.2. The first-order chi connectivity index (χ1) is 18.6. The van der Waals surface area contributed by atoms with Gasteiger partial charge in [0, 0.05) is 13.1 Å². The van der Waals surface area contributed by atoms with Crippen LogP contribution in [-0.4, -0.2) is 50.8 Å². The molecule has 0 bridgehead atoms. The molecule has 39 heavy (non-hydrogen) atoms. The zero-order chi connectivity index (χ0) is 28.4. The fraction of sp³-hybridized carbons (Fsp3) is 0.333. The van der Waals surface area contributed by atoms with Crippen molar-refractivity contribution in [2.45, 2.75) is 51.0 Å². The molecule has 0 heterocycles. The predicted octanol–water partition coefficient (Wildman–Crippen LogP) is 5.22. The van der Waals surface area contributed by atoms with Gasteiger partial charge in [-0.05, 0) is 56.5 Å². The first-order valence-electron chi connectivity index (χ1n) is 13.1. The van der Waals surface area contributed by atoms with Crippen molar-refractivity contribution < 1.29 is 18.0 Å². The van der Waals surface area contributed by atoms with Gasteiger partial charge in [-0.3, -0.25) is 13.9 Å². The number of nitrogens with one attached hydrogen (secondary N) is 1. The van der Waals surface area contributed by atoms with Gasteiger partial charge in [-0.25, -0.2) is 8.42 Å². The molecule has 0 spiro atoms. The molecule has 0 aliphatic rings. The van der Waals surface area contributed by atoms with E-state index in [1.54, 1.807) is 43.3 Å². The third-order valence-corrected chi connectivity index (χ3v) is 8.58. The smallest absolute Gasteiger partial charge is 0.264 e. The number of carbonyl (C=O) groups excluding carboxylic acids is 2. The average Bonchev–Trinajstić information content (AvgIpc) is 2.93. The van der Waals surface area contributed by atoms with E-state index in [2.05, 4.69) is 5.32 Å². The van der Waals surface area contributed by atoms with Crippen LogP contribution in [0, 0.1) is 6.92 Å². The lowest BCUT2D eigenvalue weighted by molar-refractivity contribution is -0.138. The Balaban J connectivity index is 1.96. The number of unbranched alkanes of at least 4 members (excludes halogenated alkanes) is 1. The largest absolute Gasteiger partial charge is 0.354 e. The van der Waals surface area contributed by atoms with Crippen LogP contribution in [0.5, 0.6) is 0 Å². The maximum absolute atomic E-state index is 13.9. The Bertz CT molecular complexity index is 1350. The number of para-hydroxylation sites is 1. The van der Waals surface area contributed by atoms with Gasteiger partial charge in [0.05, 0.1) is 15.6 Å². The van der Waals surface area contributed by atoms with Crippen molar-refractivity contribution in [3.05, 3.63) is 95.0 Å². The molecular weight excluding hydrogens is 534 g/mol. The maximum Gasteiger partial charge on any atom is 0.264 e. The Hall–Kier alpha value is -3.36. The predicted molar refractivity (Wildman–Crippen MR) is 156 cm³/mol. The summed E-state index contributed by atoms with van der Waals surface area (Å²) < 4.78 is 28.7. The molecule has 1 N–H and O–H groups in total. The molecule has 0 aromatic heterocycles. The Labute approximate surface area is 236 Å². The highest BCUT2D eigenvalue weighted by Crippen LogP contribution is 2.30. The molecule has 3 rings (SSSR count). The number of hydrogen-bond donors (Lipinski definition) is 1. The fourth-order valence-corrected chi connectivity index (χ4v) is 5.83. The second kappa shape index (κ2) is 14.1. The topological polar surface area (TPSA) is 86.8 Å². The minimum atomic E-state index is -4.15. The van der Waals surface area contributed by atoms with E-state index in [4.69, 9.17) is 11.6 Å². The number of benzene rings is 3. The summed E-state index contributed by atoms with van der Waals surface area (Å²) in [6.07, 6.45) is 2.26. The summed E-state index contributed by atoms with van der Waals surface area (Å²) in [5.41, 5.74) is 2.10. The Morgan fingerprint density at radius 2 is 1.59 bits per heavy atom. The number of rotatable bonds is 13. The van der Waals surface area contributed by atoms with Gasteiger partial charge in [0.1, 0.15) is 12.6 Å². The average molecular weight is 570 g/mol. The molecule has 2 amide bonds. The van der Waals surface area contributed by atoms with Gasteiger partial charge in [-0.15, -0.1) is 0 Å². The lowest BCUT2D eigenvalue weighted by Crippen LogP contribution is -2.52. The molecular formula is C30H36ClN3O4S. The van der Waals surface area contributed by atoms with Crippen molar-refractivity contribution in [2.24, 2.45) is 0 Å². The normalized spacial score (nSPS) is 12.0. The molecule has 0 radical (unpaired) electrons. The van der Waals surface area contributed by atoms with Crippen molar-refractivity contribution >= 4 is 39.1 Å². The minimum absolute atomic E-state index is 0.0435. The number of aryl methyl sites for hydroxylation is 1. The highest BCUT2D eigenvalue weighted by Gasteiger charge is 2.33. The Kier molecular flexibility index (Phi) is 10.9. The minimum Gasteiger partial charge on any atom is -0.354 e. The van der Waals surface area contributed by atoms with Gasteiger partial charge >= 0.3 is 0 Å². The molecule has 3 aromatic rings. The van der Waals surface area contributed by atoms with Crippen LogP contribution >= 0.6 is 11.6 Å². The second-order valence-electron chi connectivity index (χ2n) is 9.42. The molecule has 0 saturated heterocycles. The summed E-state index contributed by atoms with van der Waals surface area (Å²) in [5, 5.41) is 3.08. The van der Waals surface area contributed by atoms with Crippen molar-refractivity contribution in [1.29, 1.82) is 0 Å². The third kappa shape index (κ3) is 8.07. The highest BCUT2D eigenvalue weighted by atomic mass is 35.5. The van der Waals surface area contributed by atoms with Crippen LogP contribution in [0.4, 0.5) is 5.69 Å². The summed E-state index contributed by atoms with van der Waals surface area (Å²) >= 11 is 6.43. The maximum atomic E-state index is 13.9. The van der Waals surface area contributed by atoms with Crippen LogP contribution in [0.3, 0.4) is 0 Å². The van der Waals surface area contributed by atoms with Crippen LogP contribution in [0.1, 0.15) is 37.8 Å². The van der Waals surface area contributed by atoms with E-state index >= 15 is 0 Å². The van der Waals surface area contributed by atoms with Crippen LogP contribution in [0.2, 0.25) is 5.02 Å². The lowest BCUT2D eigenvalue weighted by atomic mass is 10.1. The molecule has 9 heteroatoms. The van der Waals surface area contributed by atoms with E-state index < -0.39 is 28.5 Å². The van der Waals surface area contributed by atoms with E-state index in [0.29, 0.717) is 13.0 Å². The first-order valence-corrected chi connectivity index (χ1v) is 14.9. The van der Waals surface area contributed by atoms with Crippen molar-refractivity contribution in [2.75, 3.05) is 23.9 Å². The van der Waals surface area contributed by atoms with Crippen molar-refractivity contribution in [1.82, 2.24) is 10.2 Å². The summed E-state index contributed by atoms with van der Waals surface area (Å²) in [7, 11) is -4.15. The van der Waals surface area contributed by atoms with Gasteiger partial charge in [-0.2, -0.15) is 0 Å². The van der Waals surface area contributed by atoms with Crippen LogP contribution in [0.15, 0.2) is 83.8 Å². The Morgan fingerprint density at radius 1 is 0.949 bits per heavy atom. The van der Waals surface area contributed by atoms with E-state index in [1.165, 1.54) is 17.0 Å². The summed E-state index contributed by atoms with van der Waals surface area (Å²) in [6.45, 7) is 5.80. The lowest BCUT2D eigenvalue weighted by Gasteiger charge is -2.32. The van der Waals surface area contributed by atoms with Gasteiger partial charge in [0.25, 0.3) is 10.0 Å². The van der Waals surface area contributed by atoms with E-state index in [9.17, 15) is 18.0 Å². The number of amides is 2. The molecule has 0 fully saturated rings. The third-order valence-electron chi connectivity index (χ3n) is 6.49. The SMILES string of the molecule is CCCCNC(=O)[C@@H](C)N(CCc1ccccc1)C(=O)CN(c1ccccc1Cl)S(=O)(=O)c1ccc(C)cc1. The molecule has 208 valence electrons. The van der Waals surface area contributed by atoms with E-state index in [0.717, 1.165) is 28.3 Å². The number of halogens is 1. The van der Waals surface area contributed by atoms with Gasteiger partial charge in [0.2, 0.25) is 11.8 Å². The van der Waals surface area contributed by atoms with E-state index in [1.807, 2.05) is 44.2 Å². The van der Waals surface area contributed by atoms with E-state index in [-0.39, 0.29) is 28.1 Å². The summed E-state index contributed by atoms with van der Waals surface area (Å²) in [5.74, 6) is -0.782. The molecule has 0 aliphatic heterocycles. The molecule has 0 saturated carbocycles. The van der Waals surface area contributed by atoms with Crippen molar-refractivity contribution in [3.63, 3.8) is 0 Å². The summed E-state index contributed by atoms with van der Waals surface area (Å²) in [6, 6.07) is 21.8. The fourth-order valence-electron chi connectivity index (χ4n) is 4.11. The molecule has 3 aromatic carbocycles. The number of nitrogens with zero attached hydrogens (tertiary/aromatic N) is 2. The van der Waals surface area contributed by atoms with Gasteiger partial charge in [-0.1, -0.05) is 85.1 Å². The summed E-state index contributed by atoms with van der Waals surface area (Å²) in [4.78, 5) is 28.3. The van der Waals surface area contributed by atoms with Crippen LogP contribution < -0.4 is 9.62 Å². The Morgan fingerprint density at radius 3 is 2.23 bits per heavy atom. The number of carbonyl (C=O) groups is 2. The standard InChI is InChI=1S/C30H36ClN3O4S/c1-4-5-20-32-30(36)24(3)33(21-19-25-11-7-6-8-12-25)29(35)22-34(28-14-10-9-13-27(28)31)39(37,38)26-17-15-23(2)16-18-26/h6-18,24H,4-5,19-22H2,1-3H3,(H,32,36)/t24-/m1/s1. The number of hydrogen-bond acceptors (Lipinski definition) is 4. The zero-order valence-corrected chi connectivity index (χ0v) is 24.2. The monoisotopic (exact) mass is 569 g/mol. The van der Waals surface area contributed by atoms with Crippen LogP contribution in [-0.2, 0) is 26.0 Å². The highest BCUT2D eigenvalue weighted by molar-refractivity contribution is 7.92.